The van der Waals surface area contributed by atoms with E-state index in [1.165, 1.54) is 0 Å². The number of hydrogen-bond donors (Lipinski definition) is 1. The minimum absolute atomic E-state index is 0.0984. The molecule has 0 bridgehead atoms. The molecule has 2 aromatic carbocycles. The molecule has 1 amide bonds. The number of benzene rings is 2. The number of carbonyl (C=O) groups is 2. The Kier molecular flexibility index (Phi) is 12.9. The summed E-state index contributed by atoms with van der Waals surface area (Å²) in [7, 11) is 0. The maximum atomic E-state index is 13.6. The lowest BCUT2D eigenvalue weighted by Crippen LogP contribution is -2.51. The van der Waals surface area contributed by atoms with Crippen LogP contribution in [0.5, 0.6) is 5.75 Å². The molecule has 2 rings (SSSR count). The molecular weight excluding hydrogens is 579 g/mol. The molecule has 0 aliphatic carbocycles. The van der Waals surface area contributed by atoms with Crippen molar-refractivity contribution in [1.29, 1.82) is 0 Å². The van der Waals surface area contributed by atoms with E-state index >= 15 is 0 Å². The minimum atomic E-state index is -6.40. The van der Waals surface area contributed by atoms with Gasteiger partial charge >= 0.3 is 30.1 Å². The van der Waals surface area contributed by atoms with Crippen LogP contribution in [-0.2, 0) is 27.3 Å². The zero-order valence-corrected chi connectivity index (χ0v) is 22.7. The molecule has 1 atom stereocenters. The average Bonchev–Trinajstić information content (AvgIpc) is 2.93. The Hall–Kier alpha value is -3.55. The SMILES string of the molecule is CCOC(Cc1ccc(OCCN(CCCCC(F)(F)C(F)(F)C(F)(F)F)C(=O)OCc2ccccc2)cc1)C(=O)O. The number of nitrogens with zero attached hydrogens (tertiary/aromatic N) is 1. The summed E-state index contributed by atoms with van der Waals surface area (Å²) in [6, 6.07) is 15.0. The van der Waals surface area contributed by atoms with Crippen molar-refractivity contribution in [2.45, 2.75) is 63.3 Å². The average molecular weight is 612 g/mol. The van der Waals surface area contributed by atoms with E-state index in [0.29, 0.717) is 16.9 Å². The van der Waals surface area contributed by atoms with E-state index < -0.39 is 49.0 Å². The summed E-state index contributed by atoms with van der Waals surface area (Å²) in [5.41, 5.74) is 1.33. The fraction of sp³-hybridized carbons (Fsp3) is 0.500. The highest BCUT2D eigenvalue weighted by Gasteiger charge is 2.72. The van der Waals surface area contributed by atoms with Crippen molar-refractivity contribution in [3.05, 3.63) is 65.7 Å². The molecular formula is C28H32F7NO6. The molecule has 234 valence electrons. The van der Waals surface area contributed by atoms with E-state index in [-0.39, 0.29) is 45.8 Å². The third-order valence-electron chi connectivity index (χ3n) is 6.07. The van der Waals surface area contributed by atoms with Crippen LogP contribution in [0.4, 0.5) is 35.5 Å². The highest BCUT2D eigenvalue weighted by Crippen LogP contribution is 2.48. The van der Waals surface area contributed by atoms with Crippen molar-refractivity contribution in [1.82, 2.24) is 4.90 Å². The van der Waals surface area contributed by atoms with Crippen molar-refractivity contribution in [3.8, 4) is 5.75 Å². The second-order valence-electron chi connectivity index (χ2n) is 9.24. The van der Waals surface area contributed by atoms with E-state index in [1.54, 1.807) is 61.5 Å². The van der Waals surface area contributed by atoms with Crippen LogP contribution in [-0.4, -0.2) is 72.5 Å². The summed E-state index contributed by atoms with van der Waals surface area (Å²) in [6.45, 7) is 1.31. The van der Waals surface area contributed by atoms with E-state index in [4.69, 9.17) is 14.2 Å². The number of ether oxygens (including phenoxy) is 3. The quantitative estimate of drug-likeness (QED) is 0.158. The number of rotatable bonds is 17. The number of halogens is 7. The van der Waals surface area contributed by atoms with Gasteiger partial charge in [-0.1, -0.05) is 42.5 Å². The van der Waals surface area contributed by atoms with Crippen LogP contribution >= 0.6 is 0 Å². The second kappa shape index (κ2) is 15.6. The highest BCUT2D eigenvalue weighted by atomic mass is 19.4. The molecule has 0 saturated carbocycles. The van der Waals surface area contributed by atoms with Gasteiger partial charge in [0.2, 0.25) is 0 Å². The maximum Gasteiger partial charge on any atom is 0.459 e. The first kappa shape index (κ1) is 34.7. The Bertz CT molecular complexity index is 1110. The first-order valence-electron chi connectivity index (χ1n) is 13.0. The third-order valence-corrected chi connectivity index (χ3v) is 6.07. The molecule has 42 heavy (non-hydrogen) atoms. The summed E-state index contributed by atoms with van der Waals surface area (Å²) < 4.78 is 107. The van der Waals surface area contributed by atoms with Gasteiger partial charge in [-0.2, -0.15) is 30.7 Å². The summed E-state index contributed by atoms with van der Waals surface area (Å²) in [4.78, 5) is 25.0. The summed E-state index contributed by atoms with van der Waals surface area (Å²) in [6.07, 6.45) is -10.9. The van der Waals surface area contributed by atoms with Gasteiger partial charge in [0.25, 0.3) is 0 Å². The third kappa shape index (κ3) is 10.4. The molecule has 0 aliphatic heterocycles. The van der Waals surface area contributed by atoms with Gasteiger partial charge < -0.3 is 24.2 Å². The molecule has 1 N–H and O–H groups in total. The van der Waals surface area contributed by atoms with Crippen LogP contribution in [0.2, 0.25) is 0 Å². The smallest absolute Gasteiger partial charge is 0.459 e. The van der Waals surface area contributed by atoms with Crippen molar-refractivity contribution < 1.29 is 59.6 Å². The van der Waals surface area contributed by atoms with Crippen LogP contribution in [0.1, 0.15) is 37.3 Å². The molecule has 2 aromatic rings. The van der Waals surface area contributed by atoms with E-state index in [0.717, 1.165) is 4.90 Å². The molecule has 7 nitrogen and oxygen atoms in total. The van der Waals surface area contributed by atoms with Gasteiger partial charge in [0.15, 0.2) is 6.10 Å². The number of carbonyl (C=O) groups excluding carboxylic acids is 1. The van der Waals surface area contributed by atoms with Gasteiger partial charge in [-0.15, -0.1) is 0 Å². The molecule has 0 heterocycles. The first-order chi connectivity index (χ1) is 19.7. The Balaban J connectivity index is 1.96. The zero-order valence-electron chi connectivity index (χ0n) is 22.7. The monoisotopic (exact) mass is 611 g/mol. The van der Waals surface area contributed by atoms with Gasteiger partial charge in [-0.3, -0.25) is 0 Å². The normalized spacial score (nSPS) is 13.0. The predicted molar refractivity (Wildman–Crippen MR) is 137 cm³/mol. The van der Waals surface area contributed by atoms with Gasteiger partial charge in [0.1, 0.15) is 19.0 Å². The van der Waals surface area contributed by atoms with E-state index in [1.807, 2.05) is 0 Å². The lowest BCUT2D eigenvalue weighted by Gasteiger charge is -2.28. The van der Waals surface area contributed by atoms with Crippen molar-refractivity contribution >= 4 is 12.1 Å². The van der Waals surface area contributed by atoms with Gasteiger partial charge in [-0.25, -0.2) is 9.59 Å². The fourth-order valence-corrected chi connectivity index (χ4v) is 3.75. The van der Waals surface area contributed by atoms with Gasteiger partial charge in [0, 0.05) is 26.0 Å². The van der Waals surface area contributed by atoms with Gasteiger partial charge in [0.05, 0.1) is 6.54 Å². The molecule has 0 spiro atoms. The van der Waals surface area contributed by atoms with Crippen LogP contribution in [0.15, 0.2) is 54.6 Å². The predicted octanol–water partition coefficient (Wildman–Crippen LogP) is 6.74. The fourth-order valence-electron chi connectivity index (χ4n) is 3.75. The molecule has 0 saturated heterocycles. The molecule has 0 radical (unpaired) electrons. The first-order valence-corrected chi connectivity index (χ1v) is 13.0. The number of carboxylic acids is 1. The Morgan fingerprint density at radius 2 is 1.52 bits per heavy atom. The number of hydrogen-bond acceptors (Lipinski definition) is 5. The highest BCUT2D eigenvalue weighted by molar-refractivity contribution is 5.72. The van der Waals surface area contributed by atoms with Crippen LogP contribution in [0, 0.1) is 0 Å². The largest absolute Gasteiger partial charge is 0.492 e. The number of unbranched alkanes of at least 4 members (excludes halogenated alkanes) is 1. The van der Waals surface area contributed by atoms with Crippen molar-refractivity contribution in [2.24, 2.45) is 0 Å². The number of amides is 1. The maximum absolute atomic E-state index is 13.6. The van der Waals surface area contributed by atoms with E-state index in [2.05, 4.69) is 0 Å². The van der Waals surface area contributed by atoms with Crippen LogP contribution < -0.4 is 4.74 Å². The number of aliphatic carboxylic acids is 1. The molecule has 14 heteroatoms. The Morgan fingerprint density at radius 3 is 2.10 bits per heavy atom. The molecule has 0 aliphatic rings. The zero-order chi connectivity index (χ0) is 31.4. The molecule has 1 unspecified atom stereocenters. The van der Waals surface area contributed by atoms with Crippen molar-refractivity contribution in [2.75, 3.05) is 26.3 Å². The summed E-state index contributed by atoms with van der Waals surface area (Å²) in [5, 5.41) is 9.21. The van der Waals surface area contributed by atoms with E-state index in [9.17, 15) is 45.4 Å². The topological polar surface area (TPSA) is 85.3 Å². The molecule has 0 fully saturated rings. The number of alkyl halides is 7. The Labute approximate surface area is 238 Å². The van der Waals surface area contributed by atoms with Crippen LogP contribution in [0.3, 0.4) is 0 Å². The number of carboxylic acid groups (broad SMARTS) is 1. The summed E-state index contributed by atoms with van der Waals surface area (Å²) in [5.74, 6) is -12.2. The Morgan fingerprint density at radius 1 is 0.881 bits per heavy atom. The summed E-state index contributed by atoms with van der Waals surface area (Å²) >= 11 is 0. The standard InChI is InChI=1S/C28H32F7NO6/c1-2-40-23(24(37)38)18-20-10-12-22(13-11-20)41-17-16-36(25(39)42-19-21-8-4-3-5-9-21)15-7-6-14-26(29,30)27(31,32)28(33,34)35/h3-5,8-13,23H,2,6-7,14-19H2,1H3,(H,37,38). The van der Waals surface area contributed by atoms with Gasteiger partial charge in [-0.05, 0) is 43.0 Å². The minimum Gasteiger partial charge on any atom is -0.492 e. The lowest BCUT2D eigenvalue weighted by molar-refractivity contribution is -0.355. The molecule has 0 aromatic heterocycles. The lowest BCUT2D eigenvalue weighted by atomic mass is 10.0. The van der Waals surface area contributed by atoms with Crippen LogP contribution in [0.25, 0.3) is 0 Å². The second-order valence-corrected chi connectivity index (χ2v) is 9.24. The van der Waals surface area contributed by atoms with Crippen molar-refractivity contribution in [3.63, 3.8) is 0 Å².